The first-order chi connectivity index (χ1) is 7.73. The van der Waals surface area contributed by atoms with Crippen LogP contribution in [0.4, 0.5) is 0 Å². The summed E-state index contributed by atoms with van der Waals surface area (Å²) in [6, 6.07) is 6.66. The molecule has 3 rings (SSSR count). The molecule has 0 spiro atoms. The second kappa shape index (κ2) is 3.49. The summed E-state index contributed by atoms with van der Waals surface area (Å²) in [7, 11) is 0. The number of ether oxygens (including phenoxy) is 1. The fraction of sp³-hybridized carbons (Fsp3) is 0.571. The zero-order valence-electron chi connectivity index (χ0n) is 9.83. The molecule has 1 heterocycles. The average molecular weight is 217 g/mol. The van der Waals surface area contributed by atoms with Crippen molar-refractivity contribution in [3.05, 3.63) is 29.3 Å². The number of benzene rings is 1. The summed E-state index contributed by atoms with van der Waals surface area (Å²) in [6.45, 7) is 2.92. The highest BCUT2D eigenvalue weighted by molar-refractivity contribution is 5.43. The van der Waals surface area contributed by atoms with E-state index in [2.05, 4.69) is 25.1 Å². The molecule has 1 fully saturated rings. The van der Waals surface area contributed by atoms with Crippen LogP contribution in [0.25, 0.3) is 0 Å². The molecule has 1 aromatic carbocycles. The molecule has 0 saturated heterocycles. The van der Waals surface area contributed by atoms with Crippen molar-refractivity contribution in [2.45, 2.75) is 44.1 Å². The van der Waals surface area contributed by atoms with Gasteiger partial charge in [0.05, 0.1) is 6.10 Å². The van der Waals surface area contributed by atoms with Gasteiger partial charge in [0.2, 0.25) is 0 Å². The predicted octanol–water partition coefficient (Wildman–Crippen LogP) is 2.39. The van der Waals surface area contributed by atoms with Gasteiger partial charge in [-0.2, -0.15) is 0 Å². The van der Waals surface area contributed by atoms with Crippen molar-refractivity contribution in [2.24, 2.45) is 5.73 Å². The summed E-state index contributed by atoms with van der Waals surface area (Å²) >= 11 is 0. The molecule has 2 aliphatic rings. The van der Waals surface area contributed by atoms with Crippen molar-refractivity contribution >= 4 is 0 Å². The molecular weight excluding hydrogens is 198 g/mol. The molecule has 2 N–H and O–H groups in total. The van der Waals surface area contributed by atoms with E-state index in [0.717, 1.165) is 25.1 Å². The molecule has 86 valence electrons. The van der Waals surface area contributed by atoms with E-state index >= 15 is 0 Å². The summed E-state index contributed by atoms with van der Waals surface area (Å²) in [5.41, 5.74) is 8.97. The Hall–Kier alpha value is -1.02. The smallest absolute Gasteiger partial charge is 0.122 e. The molecule has 0 radical (unpaired) electrons. The molecule has 1 aromatic rings. The van der Waals surface area contributed by atoms with Crippen LogP contribution in [-0.2, 0) is 11.8 Å². The van der Waals surface area contributed by atoms with Crippen LogP contribution >= 0.6 is 0 Å². The molecule has 1 atom stereocenters. The average Bonchev–Trinajstić information content (AvgIpc) is 3.09. The van der Waals surface area contributed by atoms with Crippen molar-refractivity contribution in [3.8, 4) is 5.75 Å². The van der Waals surface area contributed by atoms with Gasteiger partial charge in [0, 0.05) is 12.0 Å². The largest absolute Gasteiger partial charge is 0.490 e. The first-order valence-electron chi connectivity index (χ1n) is 6.24. The van der Waals surface area contributed by atoms with E-state index in [4.69, 9.17) is 10.5 Å². The topological polar surface area (TPSA) is 35.2 Å². The van der Waals surface area contributed by atoms with E-state index in [1.165, 1.54) is 24.0 Å². The maximum Gasteiger partial charge on any atom is 0.122 e. The summed E-state index contributed by atoms with van der Waals surface area (Å²) in [6.07, 6.45) is 5.14. The van der Waals surface area contributed by atoms with Gasteiger partial charge in [0.1, 0.15) is 5.75 Å². The lowest BCUT2D eigenvalue weighted by atomic mass is 9.92. The van der Waals surface area contributed by atoms with E-state index in [0.29, 0.717) is 11.5 Å². The first kappa shape index (κ1) is 10.2. The van der Waals surface area contributed by atoms with Crippen molar-refractivity contribution in [3.63, 3.8) is 0 Å². The van der Waals surface area contributed by atoms with Gasteiger partial charge < -0.3 is 10.5 Å². The van der Waals surface area contributed by atoms with E-state index < -0.39 is 0 Å². The van der Waals surface area contributed by atoms with Gasteiger partial charge in [-0.3, -0.25) is 0 Å². The van der Waals surface area contributed by atoms with Gasteiger partial charge in [-0.25, -0.2) is 0 Å². The second-order valence-corrected chi connectivity index (χ2v) is 5.27. The van der Waals surface area contributed by atoms with E-state index in [1.54, 1.807) is 0 Å². The molecule has 2 heteroatoms. The van der Waals surface area contributed by atoms with Gasteiger partial charge in [-0.05, 0) is 49.8 Å². The molecule has 1 unspecified atom stereocenters. The highest BCUT2D eigenvalue weighted by atomic mass is 16.5. The number of fused-ring (bicyclic) bond motifs is 1. The Morgan fingerprint density at radius 2 is 2.25 bits per heavy atom. The quantitative estimate of drug-likeness (QED) is 0.825. The summed E-state index contributed by atoms with van der Waals surface area (Å²) in [4.78, 5) is 0. The number of aryl methyl sites for hydroxylation is 1. The van der Waals surface area contributed by atoms with Crippen LogP contribution in [0.2, 0.25) is 0 Å². The van der Waals surface area contributed by atoms with Crippen molar-refractivity contribution in [2.75, 3.05) is 6.54 Å². The Balaban J connectivity index is 1.94. The van der Waals surface area contributed by atoms with E-state index in [-0.39, 0.29) is 0 Å². The molecule has 1 saturated carbocycles. The van der Waals surface area contributed by atoms with Crippen molar-refractivity contribution < 1.29 is 4.74 Å². The van der Waals surface area contributed by atoms with Crippen LogP contribution in [-0.4, -0.2) is 12.6 Å². The summed E-state index contributed by atoms with van der Waals surface area (Å²) in [5.74, 6) is 1.08. The number of hydrogen-bond donors (Lipinski definition) is 1. The lowest BCUT2D eigenvalue weighted by Crippen LogP contribution is -2.22. The van der Waals surface area contributed by atoms with Crippen LogP contribution in [0.1, 0.15) is 37.3 Å². The third kappa shape index (κ3) is 1.52. The first-order valence-corrected chi connectivity index (χ1v) is 6.24. The zero-order valence-corrected chi connectivity index (χ0v) is 9.83. The van der Waals surface area contributed by atoms with Crippen molar-refractivity contribution in [1.82, 2.24) is 0 Å². The minimum atomic E-state index is 0.304. The SMILES string of the molecule is CC1CCc2cc(C3(CN)CC3)ccc2O1. The fourth-order valence-electron chi connectivity index (χ4n) is 2.62. The Bertz CT molecular complexity index is 409. The van der Waals surface area contributed by atoms with Crippen LogP contribution in [0, 0.1) is 0 Å². The minimum absolute atomic E-state index is 0.304. The Labute approximate surface area is 96.8 Å². The molecular formula is C14H19NO. The highest BCUT2D eigenvalue weighted by Crippen LogP contribution is 2.48. The van der Waals surface area contributed by atoms with E-state index in [9.17, 15) is 0 Å². The van der Waals surface area contributed by atoms with Crippen molar-refractivity contribution in [1.29, 1.82) is 0 Å². The van der Waals surface area contributed by atoms with Gasteiger partial charge in [0.15, 0.2) is 0 Å². The number of rotatable bonds is 2. The monoisotopic (exact) mass is 217 g/mol. The van der Waals surface area contributed by atoms with Gasteiger partial charge in [-0.1, -0.05) is 12.1 Å². The van der Waals surface area contributed by atoms with E-state index in [1.807, 2.05) is 0 Å². The molecule has 1 aliphatic carbocycles. The zero-order chi connectivity index (χ0) is 11.2. The molecule has 0 bridgehead atoms. The molecule has 0 aromatic heterocycles. The van der Waals surface area contributed by atoms with Crippen LogP contribution < -0.4 is 10.5 Å². The molecule has 2 nitrogen and oxygen atoms in total. The molecule has 1 aliphatic heterocycles. The fourth-order valence-corrected chi connectivity index (χ4v) is 2.62. The third-order valence-corrected chi connectivity index (χ3v) is 4.07. The number of nitrogens with two attached hydrogens (primary N) is 1. The van der Waals surface area contributed by atoms with Gasteiger partial charge >= 0.3 is 0 Å². The molecule has 16 heavy (non-hydrogen) atoms. The molecule has 0 amide bonds. The lowest BCUT2D eigenvalue weighted by Gasteiger charge is -2.25. The normalized spacial score (nSPS) is 25.8. The minimum Gasteiger partial charge on any atom is -0.490 e. The van der Waals surface area contributed by atoms with Crippen LogP contribution in [0.3, 0.4) is 0 Å². The predicted molar refractivity (Wildman–Crippen MR) is 64.8 cm³/mol. The third-order valence-electron chi connectivity index (χ3n) is 4.07. The summed E-state index contributed by atoms with van der Waals surface area (Å²) in [5, 5.41) is 0. The number of hydrogen-bond acceptors (Lipinski definition) is 2. The second-order valence-electron chi connectivity index (χ2n) is 5.27. The Morgan fingerprint density at radius 3 is 2.94 bits per heavy atom. The standard InChI is InChI=1S/C14H19NO/c1-10-2-3-11-8-12(4-5-13(11)16-10)14(9-15)6-7-14/h4-5,8,10H,2-3,6-7,9,15H2,1H3. The summed E-state index contributed by atoms with van der Waals surface area (Å²) < 4.78 is 5.82. The van der Waals surface area contributed by atoms with Gasteiger partial charge in [-0.15, -0.1) is 0 Å². The highest BCUT2D eigenvalue weighted by Gasteiger charge is 2.43. The Morgan fingerprint density at radius 1 is 1.44 bits per heavy atom. The van der Waals surface area contributed by atoms with Crippen LogP contribution in [0.5, 0.6) is 5.75 Å². The maximum atomic E-state index is 5.87. The van der Waals surface area contributed by atoms with Crippen LogP contribution in [0.15, 0.2) is 18.2 Å². The van der Waals surface area contributed by atoms with Gasteiger partial charge in [0.25, 0.3) is 0 Å². The lowest BCUT2D eigenvalue weighted by molar-refractivity contribution is 0.192. The maximum absolute atomic E-state index is 5.87. The Kier molecular flexibility index (Phi) is 2.21.